The lowest BCUT2D eigenvalue weighted by molar-refractivity contribution is 0.550. The molecule has 1 atom stereocenters. The molecule has 1 aromatic heterocycles. The highest BCUT2D eigenvalue weighted by Crippen LogP contribution is 2.22. The Bertz CT molecular complexity index is 519. The van der Waals surface area contributed by atoms with E-state index >= 15 is 0 Å². The minimum absolute atomic E-state index is 0.490. The van der Waals surface area contributed by atoms with E-state index in [0.29, 0.717) is 5.92 Å². The predicted molar refractivity (Wildman–Crippen MR) is 84.3 cm³/mol. The zero-order valence-corrected chi connectivity index (χ0v) is 12.9. The zero-order chi connectivity index (χ0) is 14.4. The van der Waals surface area contributed by atoms with Crippen molar-refractivity contribution < 1.29 is 0 Å². The van der Waals surface area contributed by atoms with Gasteiger partial charge in [-0.2, -0.15) is 0 Å². The number of aryl methyl sites for hydroxylation is 2. The van der Waals surface area contributed by atoms with Crippen LogP contribution in [0.25, 0.3) is 0 Å². The SMILES string of the molecule is CCNCC(CCc1nccn1C)c1ccc(Cl)cc1. The maximum absolute atomic E-state index is 5.97. The first-order chi connectivity index (χ1) is 9.70. The van der Waals surface area contributed by atoms with Crippen LogP contribution in [0.2, 0.25) is 5.02 Å². The van der Waals surface area contributed by atoms with Crippen LogP contribution in [0.4, 0.5) is 0 Å². The Morgan fingerprint density at radius 2 is 2.05 bits per heavy atom. The Kier molecular flexibility index (Phi) is 5.62. The number of nitrogens with zero attached hydrogens (tertiary/aromatic N) is 2. The molecule has 0 aliphatic heterocycles. The molecule has 0 fully saturated rings. The molecule has 108 valence electrons. The highest BCUT2D eigenvalue weighted by Gasteiger charge is 2.12. The molecule has 0 aliphatic carbocycles. The second kappa shape index (κ2) is 7.46. The number of rotatable bonds is 7. The number of likely N-dealkylation sites (N-methyl/N-ethyl adjacent to an activating group) is 1. The van der Waals surface area contributed by atoms with Gasteiger partial charge in [-0.3, -0.25) is 0 Å². The van der Waals surface area contributed by atoms with Crippen molar-refractivity contribution in [2.24, 2.45) is 7.05 Å². The molecule has 1 N–H and O–H groups in total. The molecule has 0 radical (unpaired) electrons. The van der Waals surface area contributed by atoms with Crippen molar-refractivity contribution in [1.82, 2.24) is 14.9 Å². The first kappa shape index (κ1) is 15.1. The van der Waals surface area contributed by atoms with Gasteiger partial charge in [0.05, 0.1) is 0 Å². The van der Waals surface area contributed by atoms with Crippen molar-refractivity contribution >= 4 is 11.6 Å². The van der Waals surface area contributed by atoms with Crippen molar-refractivity contribution in [3.63, 3.8) is 0 Å². The Labute approximate surface area is 126 Å². The number of benzene rings is 1. The molecular formula is C16H22ClN3. The molecule has 20 heavy (non-hydrogen) atoms. The summed E-state index contributed by atoms with van der Waals surface area (Å²) in [6.07, 6.45) is 5.93. The van der Waals surface area contributed by atoms with Gasteiger partial charge in [-0.15, -0.1) is 0 Å². The van der Waals surface area contributed by atoms with E-state index in [4.69, 9.17) is 11.6 Å². The third-order valence-electron chi connectivity index (χ3n) is 3.62. The summed E-state index contributed by atoms with van der Waals surface area (Å²) in [6, 6.07) is 8.19. The molecular weight excluding hydrogens is 270 g/mol. The number of hydrogen-bond donors (Lipinski definition) is 1. The van der Waals surface area contributed by atoms with Gasteiger partial charge in [-0.05, 0) is 36.6 Å². The van der Waals surface area contributed by atoms with E-state index in [2.05, 4.69) is 33.9 Å². The number of halogens is 1. The van der Waals surface area contributed by atoms with Crippen LogP contribution >= 0.6 is 11.6 Å². The maximum atomic E-state index is 5.97. The van der Waals surface area contributed by atoms with Gasteiger partial charge in [0.2, 0.25) is 0 Å². The van der Waals surface area contributed by atoms with Crippen LogP contribution in [-0.2, 0) is 13.5 Å². The van der Waals surface area contributed by atoms with E-state index in [9.17, 15) is 0 Å². The minimum atomic E-state index is 0.490. The molecule has 0 aliphatic rings. The summed E-state index contributed by atoms with van der Waals surface area (Å²) < 4.78 is 2.09. The molecule has 0 amide bonds. The normalized spacial score (nSPS) is 12.6. The molecule has 1 heterocycles. The fourth-order valence-electron chi connectivity index (χ4n) is 2.38. The minimum Gasteiger partial charge on any atom is -0.338 e. The van der Waals surface area contributed by atoms with E-state index in [1.807, 2.05) is 31.6 Å². The van der Waals surface area contributed by atoms with Crippen LogP contribution in [0.1, 0.15) is 30.7 Å². The standard InChI is InChI=1S/C16H22ClN3/c1-3-18-12-14(13-4-7-15(17)8-5-13)6-9-16-19-10-11-20(16)2/h4-5,7-8,10-11,14,18H,3,6,9,12H2,1-2H3. The molecule has 1 unspecified atom stereocenters. The number of aromatic nitrogens is 2. The van der Waals surface area contributed by atoms with Gasteiger partial charge in [0.1, 0.15) is 5.82 Å². The molecule has 0 bridgehead atoms. The summed E-state index contributed by atoms with van der Waals surface area (Å²) in [5.74, 6) is 1.63. The summed E-state index contributed by atoms with van der Waals surface area (Å²) in [6.45, 7) is 4.12. The molecule has 2 rings (SSSR count). The monoisotopic (exact) mass is 291 g/mol. The first-order valence-corrected chi connectivity index (χ1v) is 7.51. The fourth-order valence-corrected chi connectivity index (χ4v) is 2.51. The highest BCUT2D eigenvalue weighted by atomic mass is 35.5. The second-order valence-electron chi connectivity index (χ2n) is 5.05. The number of imidazole rings is 1. The molecule has 4 heteroatoms. The first-order valence-electron chi connectivity index (χ1n) is 7.13. The molecule has 2 aromatic rings. The Morgan fingerprint density at radius 3 is 2.65 bits per heavy atom. The molecule has 0 saturated carbocycles. The lowest BCUT2D eigenvalue weighted by Crippen LogP contribution is -2.22. The van der Waals surface area contributed by atoms with Gasteiger partial charge in [-0.25, -0.2) is 4.98 Å². The van der Waals surface area contributed by atoms with Crippen molar-refractivity contribution in [3.05, 3.63) is 53.1 Å². The average molecular weight is 292 g/mol. The summed E-state index contributed by atoms with van der Waals surface area (Å²) in [4.78, 5) is 4.40. The van der Waals surface area contributed by atoms with Gasteiger partial charge in [0.15, 0.2) is 0 Å². The van der Waals surface area contributed by atoms with E-state index in [-0.39, 0.29) is 0 Å². The Morgan fingerprint density at radius 1 is 1.30 bits per heavy atom. The number of nitrogens with one attached hydrogen (secondary N) is 1. The third kappa shape index (κ3) is 4.09. The largest absolute Gasteiger partial charge is 0.338 e. The van der Waals surface area contributed by atoms with Crippen molar-refractivity contribution in [2.75, 3.05) is 13.1 Å². The molecule has 1 aromatic carbocycles. The average Bonchev–Trinajstić information content (AvgIpc) is 2.86. The molecule has 0 saturated heterocycles. The summed E-state index contributed by atoms with van der Waals surface area (Å²) in [5.41, 5.74) is 1.34. The van der Waals surface area contributed by atoms with Gasteiger partial charge in [0.25, 0.3) is 0 Å². The van der Waals surface area contributed by atoms with Crippen LogP contribution in [0, 0.1) is 0 Å². The van der Waals surface area contributed by atoms with Crippen LogP contribution < -0.4 is 5.32 Å². The van der Waals surface area contributed by atoms with Gasteiger partial charge in [0, 0.05) is 37.4 Å². The lowest BCUT2D eigenvalue weighted by Gasteiger charge is -2.18. The topological polar surface area (TPSA) is 29.9 Å². The molecule has 0 spiro atoms. The van der Waals surface area contributed by atoms with Gasteiger partial charge < -0.3 is 9.88 Å². The summed E-state index contributed by atoms with van der Waals surface area (Å²) in [7, 11) is 2.05. The lowest BCUT2D eigenvalue weighted by atomic mass is 9.94. The zero-order valence-electron chi connectivity index (χ0n) is 12.1. The predicted octanol–water partition coefficient (Wildman–Crippen LogP) is 3.40. The smallest absolute Gasteiger partial charge is 0.108 e. The number of hydrogen-bond acceptors (Lipinski definition) is 2. The molecule has 3 nitrogen and oxygen atoms in total. The van der Waals surface area contributed by atoms with Crippen LogP contribution in [-0.4, -0.2) is 22.6 Å². The summed E-state index contributed by atoms with van der Waals surface area (Å²) >= 11 is 5.97. The van der Waals surface area contributed by atoms with Crippen molar-refractivity contribution in [1.29, 1.82) is 0 Å². The van der Waals surface area contributed by atoms with Crippen LogP contribution in [0.15, 0.2) is 36.7 Å². The Hall–Kier alpha value is -1.32. The van der Waals surface area contributed by atoms with Gasteiger partial charge in [-0.1, -0.05) is 30.7 Å². The fraction of sp³-hybridized carbons (Fsp3) is 0.438. The second-order valence-corrected chi connectivity index (χ2v) is 5.49. The van der Waals surface area contributed by atoms with Crippen molar-refractivity contribution in [3.8, 4) is 0 Å². The summed E-state index contributed by atoms with van der Waals surface area (Å²) in [5, 5.41) is 4.24. The van der Waals surface area contributed by atoms with E-state index in [1.54, 1.807) is 0 Å². The van der Waals surface area contributed by atoms with E-state index in [1.165, 1.54) is 5.56 Å². The van der Waals surface area contributed by atoms with Crippen molar-refractivity contribution in [2.45, 2.75) is 25.7 Å². The Balaban J connectivity index is 2.03. The van der Waals surface area contributed by atoms with Crippen LogP contribution in [0.3, 0.4) is 0 Å². The van der Waals surface area contributed by atoms with Crippen LogP contribution in [0.5, 0.6) is 0 Å². The van der Waals surface area contributed by atoms with E-state index < -0.39 is 0 Å². The third-order valence-corrected chi connectivity index (χ3v) is 3.87. The quantitative estimate of drug-likeness (QED) is 0.847. The maximum Gasteiger partial charge on any atom is 0.108 e. The highest BCUT2D eigenvalue weighted by molar-refractivity contribution is 6.30. The van der Waals surface area contributed by atoms with E-state index in [0.717, 1.165) is 36.8 Å². The van der Waals surface area contributed by atoms with Gasteiger partial charge >= 0.3 is 0 Å².